The highest BCUT2D eigenvalue weighted by atomic mass is 16.5. The molecule has 0 atom stereocenters. The van der Waals surface area contributed by atoms with Gasteiger partial charge in [-0.2, -0.15) is 4.98 Å². The first-order chi connectivity index (χ1) is 12.3. The minimum atomic E-state index is 0.0379. The number of nitrogens with one attached hydrogen (secondary N) is 1. The van der Waals surface area contributed by atoms with Gasteiger partial charge < -0.3 is 15.0 Å². The quantitative estimate of drug-likeness (QED) is 0.863. The summed E-state index contributed by atoms with van der Waals surface area (Å²) in [6, 6.07) is 3.83. The molecule has 7 heteroatoms. The van der Waals surface area contributed by atoms with Crippen LogP contribution in [-0.4, -0.2) is 40.6 Å². The van der Waals surface area contributed by atoms with E-state index in [1.54, 1.807) is 24.8 Å². The highest BCUT2D eigenvalue weighted by molar-refractivity contribution is 5.78. The molecule has 132 valence electrons. The van der Waals surface area contributed by atoms with Crippen LogP contribution in [0, 0.1) is 5.92 Å². The van der Waals surface area contributed by atoms with Crippen LogP contribution in [0.3, 0.4) is 0 Å². The Balaban J connectivity index is 1.49. The number of aromatic nitrogens is 3. The highest BCUT2D eigenvalue weighted by Gasteiger charge is 2.25. The lowest BCUT2D eigenvalue weighted by Gasteiger charge is -2.32. The van der Waals surface area contributed by atoms with Gasteiger partial charge in [-0.25, -0.2) is 0 Å². The molecule has 0 unspecified atom stereocenters. The van der Waals surface area contributed by atoms with Gasteiger partial charge in [-0.05, 0) is 31.4 Å². The van der Waals surface area contributed by atoms with Gasteiger partial charge in [0.2, 0.25) is 11.8 Å². The van der Waals surface area contributed by atoms with Crippen LogP contribution in [0.4, 0.5) is 5.82 Å². The number of rotatable bonds is 6. The van der Waals surface area contributed by atoms with Crippen LogP contribution in [0.25, 0.3) is 0 Å². The van der Waals surface area contributed by atoms with Crippen molar-refractivity contribution >= 4 is 11.7 Å². The fraction of sp³-hybridized carbons (Fsp3) is 0.444. The van der Waals surface area contributed by atoms with Crippen molar-refractivity contribution in [1.29, 1.82) is 0 Å². The van der Waals surface area contributed by atoms with Crippen LogP contribution in [0.15, 0.2) is 36.9 Å². The Kier molecular flexibility index (Phi) is 5.77. The van der Waals surface area contributed by atoms with Gasteiger partial charge in [0.1, 0.15) is 0 Å². The van der Waals surface area contributed by atoms with Gasteiger partial charge in [0.15, 0.2) is 5.82 Å². The van der Waals surface area contributed by atoms with Gasteiger partial charge in [-0.1, -0.05) is 6.07 Å². The molecule has 3 rings (SSSR count). The van der Waals surface area contributed by atoms with E-state index in [2.05, 4.69) is 25.2 Å². The van der Waals surface area contributed by atoms with Gasteiger partial charge in [0.05, 0.1) is 19.0 Å². The third kappa shape index (κ3) is 4.65. The third-order valence-electron chi connectivity index (χ3n) is 4.27. The van der Waals surface area contributed by atoms with Crippen LogP contribution in [0.1, 0.15) is 25.3 Å². The number of pyridine rings is 1. The summed E-state index contributed by atoms with van der Waals surface area (Å²) in [4.78, 5) is 27.2. The molecule has 1 saturated heterocycles. The molecule has 0 aromatic carbocycles. The minimum absolute atomic E-state index is 0.0379. The zero-order valence-corrected chi connectivity index (χ0v) is 14.4. The molecule has 0 aliphatic carbocycles. The monoisotopic (exact) mass is 341 g/mol. The molecule has 2 aromatic heterocycles. The summed E-state index contributed by atoms with van der Waals surface area (Å²) < 4.78 is 5.40. The Morgan fingerprint density at radius 3 is 2.84 bits per heavy atom. The van der Waals surface area contributed by atoms with E-state index in [1.807, 2.05) is 19.1 Å². The molecule has 1 amide bonds. The molecule has 1 aliphatic rings. The Morgan fingerprint density at radius 1 is 1.28 bits per heavy atom. The molecular formula is C18H23N5O2. The second kappa shape index (κ2) is 8.41. The molecule has 2 aromatic rings. The van der Waals surface area contributed by atoms with E-state index in [0.717, 1.165) is 37.3 Å². The molecule has 0 saturated carbocycles. The lowest BCUT2D eigenvalue weighted by Crippen LogP contribution is -2.40. The molecule has 7 nitrogen and oxygen atoms in total. The fourth-order valence-corrected chi connectivity index (χ4v) is 2.92. The maximum absolute atomic E-state index is 12.4. The smallest absolute Gasteiger partial charge is 0.234 e. The van der Waals surface area contributed by atoms with Crippen molar-refractivity contribution in [3.63, 3.8) is 0 Å². The van der Waals surface area contributed by atoms with E-state index in [1.165, 1.54) is 0 Å². The third-order valence-corrected chi connectivity index (χ3v) is 4.27. The van der Waals surface area contributed by atoms with E-state index in [0.29, 0.717) is 19.0 Å². The number of carbonyl (C=O) groups is 1. The second-order valence-corrected chi connectivity index (χ2v) is 5.99. The van der Waals surface area contributed by atoms with Crippen molar-refractivity contribution in [3.8, 4) is 5.88 Å². The van der Waals surface area contributed by atoms with Crippen LogP contribution in [0.2, 0.25) is 0 Å². The number of amides is 1. The molecule has 25 heavy (non-hydrogen) atoms. The Hall–Kier alpha value is -2.70. The summed E-state index contributed by atoms with van der Waals surface area (Å²) in [5.41, 5.74) is 1.01. The fourth-order valence-electron chi connectivity index (χ4n) is 2.92. The summed E-state index contributed by atoms with van der Waals surface area (Å²) in [5.74, 6) is 1.49. The van der Waals surface area contributed by atoms with Gasteiger partial charge in [-0.15, -0.1) is 0 Å². The predicted molar refractivity (Wildman–Crippen MR) is 94.2 cm³/mol. The number of ether oxygens (including phenoxy) is 1. The van der Waals surface area contributed by atoms with Crippen molar-refractivity contribution in [2.45, 2.75) is 26.3 Å². The Morgan fingerprint density at radius 2 is 2.12 bits per heavy atom. The van der Waals surface area contributed by atoms with Crippen molar-refractivity contribution < 1.29 is 9.53 Å². The first-order valence-electron chi connectivity index (χ1n) is 8.62. The molecule has 1 fully saturated rings. The summed E-state index contributed by atoms with van der Waals surface area (Å²) in [6.45, 7) is 4.58. The van der Waals surface area contributed by atoms with E-state index in [9.17, 15) is 4.79 Å². The van der Waals surface area contributed by atoms with Crippen LogP contribution in [-0.2, 0) is 11.3 Å². The Bertz CT molecular complexity index is 687. The number of anilines is 1. The van der Waals surface area contributed by atoms with Crippen LogP contribution in [0.5, 0.6) is 5.88 Å². The topological polar surface area (TPSA) is 80.2 Å². The SMILES string of the molecule is CCOc1cncc(N2CCC(C(=O)NCc3cccnc3)CC2)n1. The number of nitrogens with zero attached hydrogens (tertiary/aromatic N) is 4. The standard InChI is InChI=1S/C18H23N5O2/c1-2-25-17-13-20-12-16(22-17)23-8-5-15(6-9-23)18(24)21-11-14-4-3-7-19-10-14/h3-4,7,10,12-13,15H,2,5-6,8-9,11H2,1H3,(H,21,24). The molecular weight excluding hydrogens is 318 g/mol. The lowest BCUT2D eigenvalue weighted by molar-refractivity contribution is -0.125. The molecule has 3 heterocycles. The average Bonchev–Trinajstić information content (AvgIpc) is 2.67. The normalized spacial score (nSPS) is 15.0. The highest BCUT2D eigenvalue weighted by Crippen LogP contribution is 2.23. The molecule has 0 radical (unpaired) electrons. The number of piperidine rings is 1. The summed E-state index contributed by atoms with van der Waals surface area (Å²) in [7, 11) is 0. The minimum Gasteiger partial charge on any atom is -0.477 e. The van der Waals surface area contributed by atoms with Gasteiger partial charge >= 0.3 is 0 Å². The first kappa shape index (κ1) is 17.1. The van der Waals surface area contributed by atoms with E-state index in [4.69, 9.17) is 4.74 Å². The van der Waals surface area contributed by atoms with Crippen LogP contribution >= 0.6 is 0 Å². The zero-order valence-electron chi connectivity index (χ0n) is 14.4. The zero-order chi connectivity index (χ0) is 17.5. The Labute approximate surface area is 147 Å². The van der Waals surface area contributed by atoms with E-state index < -0.39 is 0 Å². The van der Waals surface area contributed by atoms with E-state index >= 15 is 0 Å². The first-order valence-corrected chi connectivity index (χ1v) is 8.62. The molecule has 0 spiro atoms. The van der Waals surface area contributed by atoms with Gasteiger partial charge in [0.25, 0.3) is 0 Å². The molecule has 0 bridgehead atoms. The predicted octanol–water partition coefficient (Wildman–Crippen LogP) is 1.80. The second-order valence-electron chi connectivity index (χ2n) is 5.99. The summed E-state index contributed by atoms with van der Waals surface area (Å²) >= 11 is 0. The summed E-state index contributed by atoms with van der Waals surface area (Å²) in [5, 5.41) is 3.00. The number of hydrogen-bond acceptors (Lipinski definition) is 6. The van der Waals surface area contributed by atoms with Crippen molar-refractivity contribution in [2.75, 3.05) is 24.6 Å². The lowest BCUT2D eigenvalue weighted by atomic mass is 9.96. The number of hydrogen-bond donors (Lipinski definition) is 1. The number of carbonyl (C=O) groups excluding carboxylic acids is 1. The van der Waals surface area contributed by atoms with Crippen molar-refractivity contribution in [1.82, 2.24) is 20.3 Å². The van der Waals surface area contributed by atoms with Crippen molar-refractivity contribution in [3.05, 3.63) is 42.5 Å². The molecule has 1 aliphatic heterocycles. The largest absolute Gasteiger partial charge is 0.477 e. The average molecular weight is 341 g/mol. The van der Waals surface area contributed by atoms with E-state index in [-0.39, 0.29) is 11.8 Å². The van der Waals surface area contributed by atoms with Gasteiger partial charge in [-0.3, -0.25) is 14.8 Å². The maximum Gasteiger partial charge on any atom is 0.234 e. The molecule has 1 N–H and O–H groups in total. The maximum atomic E-state index is 12.4. The van der Waals surface area contributed by atoms with Gasteiger partial charge in [0, 0.05) is 37.9 Å². The van der Waals surface area contributed by atoms with Crippen molar-refractivity contribution in [2.24, 2.45) is 5.92 Å². The van der Waals surface area contributed by atoms with Crippen LogP contribution < -0.4 is 15.0 Å². The summed E-state index contributed by atoms with van der Waals surface area (Å²) in [6.07, 6.45) is 8.47.